The van der Waals surface area contributed by atoms with Gasteiger partial charge in [0.25, 0.3) is 0 Å². The lowest BCUT2D eigenvalue weighted by Crippen LogP contribution is -2.55. The summed E-state index contributed by atoms with van der Waals surface area (Å²) in [5, 5.41) is 3.68. The number of benzene rings is 3. The van der Waals surface area contributed by atoms with Crippen LogP contribution in [0.25, 0.3) is 0 Å². The average Bonchev–Trinajstić information content (AvgIpc) is 2.85. The van der Waals surface area contributed by atoms with Gasteiger partial charge in [0.05, 0.1) is 18.7 Å². The molecule has 0 fully saturated rings. The first-order chi connectivity index (χ1) is 15.5. The van der Waals surface area contributed by atoms with Gasteiger partial charge in [-0.05, 0) is 23.1 Å². The molecule has 1 N–H and O–H groups in total. The number of hydrogen-bond acceptors (Lipinski definition) is 4. The highest BCUT2D eigenvalue weighted by molar-refractivity contribution is 5.82. The third-order valence-electron chi connectivity index (χ3n) is 5.61. The monoisotopic (exact) mass is 430 g/mol. The summed E-state index contributed by atoms with van der Waals surface area (Å²) in [4.78, 5) is 26.7. The molecule has 0 bridgehead atoms. The molecule has 0 saturated heterocycles. The third kappa shape index (κ3) is 5.06. The molecule has 0 unspecified atom stereocenters. The van der Waals surface area contributed by atoms with Crippen molar-refractivity contribution in [1.82, 2.24) is 10.2 Å². The van der Waals surface area contributed by atoms with Crippen LogP contribution in [-0.4, -0.2) is 44.0 Å². The maximum atomic E-state index is 13.2. The van der Waals surface area contributed by atoms with Crippen LogP contribution in [0.4, 0.5) is 0 Å². The van der Waals surface area contributed by atoms with Crippen molar-refractivity contribution in [3.8, 4) is 0 Å². The number of likely N-dealkylation sites (N-methyl/N-ethyl adjacent to an activating group) is 1. The predicted molar refractivity (Wildman–Crippen MR) is 126 cm³/mol. The second kappa shape index (κ2) is 10.7. The summed E-state index contributed by atoms with van der Waals surface area (Å²) in [6.07, 6.45) is 0.458. The zero-order valence-corrected chi connectivity index (χ0v) is 18.8. The lowest BCUT2D eigenvalue weighted by Gasteiger charge is -2.40. The van der Waals surface area contributed by atoms with Crippen LogP contribution in [0.2, 0.25) is 0 Å². The van der Waals surface area contributed by atoms with E-state index in [9.17, 15) is 9.59 Å². The summed E-state index contributed by atoms with van der Waals surface area (Å²) < 4.78 is 4.83. The minimum absolute atomic E-state index is 0.0962. The van der Waals surface area contributed by atoms with E-state index in [1.54, 1.807) is 19.0 Å². The summed E-state index contributed by atoms with van der Waals surface area (Å²) in [7, 11) is 4.81. The Kier molecular flexibility index (Phi) is 7.79. The van der Waals surface area contributed by atoms with Crippen molar-refractivity contribution in [3.63, 3.8) is 0 Å². The van der Waals surface area contributed by atoms with Crippen molar-refractivity contribution in [2.24, 2.45) is 0 Å². The van der Waals surface area contributed by atoms with Gasteiger partial charge >= 0.3 is 5.97 Å². The van der Waals surface area contributed by atoms with Gasteiger partial charge in [0, 0.05) is 20.5 Å². The van der Waals surface area contributed by atoms with Gasteiger partial charge in [-0.2, -0.15) is 0 Å². The van der Waals surface area contributed by atoms with E-state index in [0.717, 1.165) is 16.7 Å². The molecule has 166 valence electrons. The van der Waals surface area contributed by atoms with E-state index in [0.29, 0.717) is 6.42 Å². The molecule has 32 heavy (non-hydrogen) atoms. The summed E-state index contributed by atoms with van der Waals surface area (Å²) in [6.45, 7) is 0. The number of amides is 1. The number of carbonyl (C=O) groups is 2. The average molecular weight is 431 g/mol. The minimum atomic E-state index is -0.795. The molecule has 0 spiro atoms. The highest BCUT2D eigenvalue weighted by Gasteiger charge is 2.40. The van der Waals surface area contributed by atoms with Crippen molar-refractivity contribution in [1.29, 1.82) is 0 Å². The Hall–Kier alpha value is -3.44. The van der Waals surface area contributed by atoms with Gasteiger partial charge in [0.2, 0.25) is 5.91 Å². The number of rotatable bonds is 9. The summed E-state index contributed by atoms with van der Waals surface area (Å²) >= 11 is 0. The van der Waals surface area contributed by atoms with Gasteiger partial charge < -0.3 is 9.64 Å². The van der Waals surface area contributed by atoms with E-state index >= 15 is 0 Å². The molecule has 0 radical (unpaired) electrons. The molecule has 3 aromatic rings. The molecule has 0 saturated carbocycles. The fourth-order valence-electron chi connectivity index (χ4n) is 4.01. The van der Waals surface area contributed by atoms with Crippen LogP contribution in [0, 0.1) is 0 Å². The number of nitrogens with zero attached hydrogens (tertiary/aromatic N) is 1. The normalized spacial score (nSPS) is 12.1. The van der Waals surface area contributed by atoms with Crippen LogP contribution >= 0.6 is 0 Å². The molecule has 0 aliphatic rings. The molecule has 5 heteroatoms. The molecule has 0 heterocycles. The fourth-order valence-corrected chi connectivity index (χ4v) is 4.01. The first-order valence-electron chi connectivity index (χ1n) is 10.7. The standard InChI is InChI=1S/C27H30N2O3/c1-29(2)26(31)24(19-20-25(30)32-3)28-27(21-13-7-4-8-14-21,22-15-9-5-10-16-22)23-17-11-6-12-18-23/h4-18,24,28H,19-20H2,1-3H3/t24-/m0/s1. The van der Waals surface area contributed by atoms with Crippen molar-refractivity contribution < 1.29 is 14.3 Å². The van der Waals surface area contributed by atoms with Crippen molar-refractivity contribution in [2.75, 3.05) is 21.2 Å². The zero-order valence-electron chi connectivity index (χ0n) is 18.8. The highest BCUT2D eigenvalue weighted by Crippen LogP contribution is 2.37. The molecule has 1 atom stereocenters. The Balaban J connectivity index is 2.20. The molecule has 3 rings (SSSR count). The van der Waals surface area contributed by atoms with Crippen LogP contribution in [0.5, 0.6) is 0 Å². The van der Waals surface area contributed by atoms with Crippen molar-refractivity contribution in [2.45, 2.75) is 24.4 Å². The summed E-state index contributed by atoms with van der Waals surface area (Å²) in [6, 6.07) is 29.7. The van der Waals surface area contributed by atoms with Crippen molar-refractivity contribution in [3.05, 3.63) is 108 Å². The van der Waals surface area contributed by atoms with Gasteiger partial charge in [-0.1, -0.05) is 91.0 Å². The molecule has 1 amide bonds. The fraction of sp³-hybridized carbons (Fsp3) is 0.259. The Morgan fingerprint density at radius 2 is 1.22 bits per heavy atom. The molecule has 0 aromatic heterocycles. The lowest BCUT2D eigenvalue weighted by molar-refractivity contribution is -0.141. The van der Waals surface area contributed by atoms with Crippen molar-refractivity contribution >= 4 is 11.9 Å². The Labute approximate surface area is 190 Å². The number of carbonyl (C=O) groups excluding carboxylic acids is 2. The van der Waals surface area contributed by atoms with E-state index in [4.69, 9.17) is 4.74 Å². The maximum absolute atomic E-state index is 13.2. The second-order valence-electron chi connectivity index (χ2n) is 7.89. The van der Waals surface area contributed by atoms with Gasteiger partial charge in [-0.15, -0.1) is 0 Å². The SMILES string of the molecule is COC(=O)CC[C@H](NC(c1ccccc1)(c1ccccc1)c1ccccc1)C(=O)N(C)C. The second-order valence-corrected chi connectivity index (χ2v) is 7.89. The Morgan fingerprint density at radius 1 is 0.812 bits per heavy atom. The number of esters is 1. The van der Waals surface area contributed by atoms with Crippen LogP contribution in [-0.2, 0) is 19.9 Å². The van der Waals surface area contributed by atoms with E-state index < -0.39 is 11.6 Å². The molecule has 3 aromatic carbocycles. The quantitative estimate of drug-likeness (QED) is 0.412. The van der Waals surface area contributed by atoms with E-state index in [1.807, 2.05) is 54.6 Å². The smallest absolute Gasteiger partial charge is 0.305 e. The molecular weight excluding hydrogens is 400 g/mol. The van der Waals surface area contributed by atoms with Gasteiger partial charge in [0.15, 0.2) is 0 Å². The number of hydrogen-bond donors (Lipinski definition) is 1. The largest absolute Gasteiger partial charge is 0.469 e. The molecular formula is C27H30N2O3. The zero-order chi connectivity index (χ0) is 23.0. The minimum Gasteiger partial charge on any atom is -0.469 e. The lowest BCUT2D eigenvalue weighted by atomic mass is 9.76. The van der Waals surface area contributed by atoms with Crippen LogP contribution in [0.3, 0.4) is 0 Å². The number of nitrogens with one attached hydrogen (secondary N) is 1. The van der Waals surface area contributed by atoms with Gasteiger partial charge in [-0.25, -0.2) is 0 Å². The first kappa shape index (κ1) is 23.2. The third-order valence-corrected chi connectivity index (χ3v) is 5.61. The molecule has 0 aliphatic heterocycles. The highest BCUT2D eigenvalue weighted by atomic mass is 16.5. The van der Waals surface area contributed by atoms with Crippen LogP contribution < -0.4 is 5.32 Å². The van der Waals surface area contributed by atoms with Gasteiger partial charge in [-0.3, -0.25) is 14.9 Å². The van der Waals surface area contributed by atoms with Crippen LogP contribution in [0.1, 0.15) is 29.5 Å². The van der Waals surface area contributed by atoms with E-state index in [2.05, 4.69) is 41.7 Å². The first-order valence-corrected chi connectivity index (χ1v) is 10.7. The number of ether oxygens (including phenoxy) is 1. The Morgan fingerprint density at radius 3 is 1.56 bits per heavy atom. The van der Waals surface area contributed by atoms with E-state index in [-0.39, 0.29) is 18.3 Å². The predicted octanol–water partition coefficient (Wildman–Crippen LogP) is 3.98. The summed E-state index contributed by atoms with van der Waals surface area (Å²) in [5.41, 5.74) is 2.22. The summed E-state index contributed by atoms with van der Waals surface area (Å²) in [5.74, 6) is -0.436. The Bertz CT molecular complexity index is 908. The topological polar surface area (TPSA) is 58.6 Å². The maximum Gasteiger partial charge on any atom is 0.305 e. The molecule has 5 nitrogen and oxygen atoms in total. The van der Waals surface area contributed by atoms with Crippen LogP contribution in [0.15, 0.2) is 91.0 Å². The number of methoxy groups -OCH3 is 1. The molecule has 0 aliphatic carbocycles. The van der Waals surface area contributed by atoms with E-state index in [1.165, 1.54) is 7.11 Å². The van der Waals surface area contributed by atoms with Gasteiger partial charge in [0.1, 0.15) is 0 Å².